The molecule has 1 N–H and O–H groups in total. The summed E-state index contributed by atoms with van der Waals surface area (Å²) < 4.78 is 5.48. The fraction of sp³-hybridized carbons (Fsp3) is 0.462. The standard InChI is InChI=1S/C13H18O3S/c14-13(15)7-10-17-11-9-16-8-6-12-4-2-1-3-5-12/h1-5H,6-11H2,(H,14,15). The lowest BCUT2D eigenvalue weighted by atomic mass is 10.2. The Hall–Kier alpha value is -1.00. The lowest BCUT2D eigenvalue weighted by Crippen LogP contribution is -2.03. The van der Waals surface area contributed by atoms with Crippen molar-refractivity contribution in [3.05, 3.63) is 35.9 Å². The van der Waals surface area contributed by atoms with Gasteiger partial charge in [-0.05, 0) is 12.0 Å². The minimum Gasteiger partial charge on any atom is -0.481 e. The number of carboxylic acid groups (broad SMARTS) is 1. The average molecular weight is 254 g/mol. The highest BCUT2D eigenvalue weighted by molar-refractivity contribution is 7.99. The molecule has 0 spiro atoms. The third-order valence-electron chi connectivity index (χ3n) is 2.21. The van der Waals surface area contributed by atoms with Gasteiger partial charge in [0.1, 0.15) is 0 Å². The molecule has 0 aliphatic rings. The van der Waals surface area contributed by atoms with Crippen LogP contribution in [0.4, 0.5) is 0 Å². The molecule has 0 bridgehead atoms. The zero-order valence-corrected chi connectivity index (χ0v) is 10.6. The van der Waals surface area contributed by atoms with Crippen LogP contribution in [0.25, 0.3) is 0 Å². The quantitative estimate of drug-likeness (QED) is 0.688. The van der Waals surface area contributed by atoms with Gasteiger partial charge in [0, 0.05) is 11.5 Å². The minimum absolute atomic E-state index is 0.231. The van der Waals surface area contributed by atoms with Gasteiger partial charge in [-0.2, -0.15) is 11.8 Å². The van der Waals surface area contributed by atoms with Gasteiger partial charge in [0.2, 0.25) is 0 Å². The molecule has 0 atom stereocenters. The van der Waals surface area contributed by atoms with E-state index in [1.807, 2.05) is 18.2 Å². The Balaban J connectivity index is 1.90. The SMILES string of the molecule is O=C(O)CCSCCOCCc1ccccc1. The molecule has 1 aromatic carbocycles. The van der Waals surface area contributed by atoms with Crippen molar-refractivity contribution in [2.45, 2.75) is 12.8 Å². The first kappa shape index (κ1) is 14.1. The first-order chi connectivity index (χ1) is 8.29. The van der Waals surface area contributed by atoms with Crippen LogP contribution in [-0.4, -0.2) is 35.8 Å². The second-order valence-electron chi connectivity index (χ2n) is 3.60. The molecule has 94 valence electrons. The summed E-state index contributed by atoms with van der Waals surface area (Å²) in [5.41, 5.74) is 1.28. The van der Waals surface area contributed by atoms with E-state index >= 15 is 0 Å². The summed E-state index contributed by atoms with van der Waals surface area (Å²) in [6, 6.07) is 10.2. The zero-order chi connectivity index (χ0) is 12.3. The van der Waals surface area contributed by atoms with Crippen molar-refractivity contribution >= 4 is 17.7 Å². The van der Waals surface area contributed by atoms with Gasteiger partial charge in [-0.15, -0.1) is 0 Å². The van der Waals surface area contributed by atoms with Crippen molar-refractivity contribution in [1.82, 2.24) is 0 Å². The molecule has 0 aliphatic carbocycles. The number of rotatable bonds is 9. The average Bonchev–Trinajstić information content (AvgIpc) is 2.33. The molecule has 0 saturated carbocycles. The normalized spacial score (nSPS) is 10.4. The molecular formula is C13H18O3S. The Kier molecular flexibility index (Phi) is 7.51. The number of hydrogen-bond acceptors (Lipinski definition) is 3. The third kappa shape index (κ3) is 7.82. The number of carboxylic acids is 1. The molecule has 0 radical (unpaired) electrons. The summed E-state index contributed by atoms with van der Waals surface area (Å²) in [5.74, 6) is 0.793. The molecule has 1 rings (SSSR count). The molecule has 4 heteroatoms. The van der Waals surface area contributed by atoms with Crippen molar-refractivity contribution in [2.75, 3.05) is 24.7 Å². The van der Waals surface area contributed by atoms with E-state index in [0.717, 1.165) is 18.8 Å². The summed E-state index contributed by atoms with van der Waals surface area (Å²) in [5, 5.41) is 8.44. The first-order valence-corrected chi connectivity index (χ1v) is 6.85. The van der Waals surface area contributed by atoms with E-state index < -0.39 is 5.97 Å². The highest BCUT2D eigenvalue weighted by Crippen LogP contribution is 2.03. The maximum atomic E-state index is 10.2. The summed E-state index contributed by atoms with van der Waals surface area (Å²) >= 11 is 1.62. The molecule has 0 heterocycles. The van der Waals surface area contributed by atoms with Crippen molar-refractivity contribution < 1.29 is 14.6 Å². The summed E-state index contributed by atoms with van der Waals surface area (Å²) in [6.07, 6.45) is 1.16. The van der Waals surface area contributed by atoms with Crippen molar-refractivity contribution in [3.8, 4) is 0 Å². The van der Waals surface area contributed by atoms with Gasteiger partial charge in [-0.1, -0.05) is 30.3 Å². The maximum absolute atomic E-state index is 10.2. The molecular weight excluding hydrogens is 236 g/mol. The van der Waals surface area contributed by atoms with Gasteiger partial charge in [0.15, 0.2) is 0 Å². The molecule has 0 aliphatic heterocycles. The van der Waals surface area contributed by atoms with Gasteiger partial charge in [-0.25, -0.2) is 0 Å². The van der Waals surface area contributed by atoms with Gasteiger partial charge >= 0.3 is 5.97 Å². The largest absolute Gasteiger partial charge is 0.481 e. The van der Waals surface area contributed by atoms with Crippen LogP contribution in [0.1, 0.15) is 12.0 Å². The highest BCUT2D eigenvalue weighted by Gasteiger charge is 1.97. The van der Waals surface area contributed by atoms with E-state index in [4.69, 9.17) is 9.84 Å². The summed E-state index contributed by atoms with van der Waals surface area (Å²) in [4.78, 5) is 10.2. The minimum atomic E-state index is -0.734. The number of thioether (sulfide) groups is 1. The Morgan fingerprint density at radius 3 is 2.65 bits per heavy atom. The second-order valence-corrected chi connectivity index (χ2v) is 4.83. The number of ether oxygens (including phenoxy) is 1. The summed E-state index contributed by atoms with van der Waals surface area (Å²) in [7, 11) is 0. The van der Waals surface area contributed by atoms with E-state index in [9.17, 15) is 4.79 Å². The predicted octanol–water partition coefficient (Wildman–Crippen LogP) is 2.45. The van der Waals surface area contributed by atoms with Crippen LogP contribution < -0.4 is 0 Å². The van der Waals surface area contributed by atoms with Crippen LogP contribution in [0.2, 0.25) is 0 Å². The zero-order valence-electron chi connectivity index (χ0n) is 9.80. The second kappa shape index (κ2) is 9.07. The van der Waals surface area contributed by atoms with E-state index in [1.54, 1.807) is 11.8 Å². The molecule has 0 amide bonds. The topological polar surface area (TPSA) is 46.5 Å². The number of aliphatic carboxylic acids is 1. The van der Waals surface area contributed by atoms with Crippen LogP contribution in [0.3, 0.4) is 0 Å². The number of carbonyl (C=O) groups is 1. The molecule has 0 aromatic heterocycles. The molecule has 3 nitrogen and oxygen atoms in total. The van der Waals surface area contributed by atoms with Crippen LogP contribution in [0, 0.1) is 0 Å². The lowest BCUT2D eigenvalue weighted by molar-refractivity contribution is -0.136. The van der Waals surface area contributed by atoms with Gasteiger partial charge in [0.05, 0.1) is 19.6 Å². The van der Waals surface area contributed by atoms with Crippen LogP contribution in [-0.2, 0) is 16.0 Å². The Morgan fingerprint density at radius 2 is 1.94 bits per heavy atom. The van der Waals surface area contributed by atoms with Gasteiger partial charge in [0.25, 0.3) is 0 Å². The van der Waals surface area contributed by atoms with E-state index in [0.29, 0.717) is 12.4 Å². The van der Waals surface area contributed by atoms with Crippen LogP contribution in [0.5, 0.6) is 0 Å². The third-order valence-corrected chi connectivity index (χ3v) is 3.16. The van der Waals surface area contributed by atoms with Gasteiger partial charge < -0.3 is 9.84 Å². The van der Waals surface area contributed by atoms with E-state index in [1.165, 1.54) is 5.56 Å². The van der Waals surface area contributed by atoms with Crippen molar-refractivity contribution in [2.24, 2.45) is 0 Å². The molecule has 1 aromatic rings. The van der Waals surface area contributed by atoms with Gasteiger partial charge in [-0.3, -0.25) is 4.79 Å². The molecule has 0 unspecified atom stereocenters. The van der Waals surface area contributed by atoms with E-state index in [-0.39, 0.29) is 6.42 Å². The van der Waals surface area contributed by atoms with Crippen LogP contribution in [0.15, 0.2) is 30.3 Å². The monoisotopic (exact) mass is 254 g/mol. The Morgan fingerprint density at radius 1 is 1.18 bits per heavy atom. The van der Waals surface area contributed by atoms with Crippen LogP contribution >= 0.6 is 11.8 Å². The maximum Gasteiger partial charge on any atom is 0.304 e. The Labute approximate surface area is 106 Å². The molecule has 17 heavy (non-hydrogen) atoms. The fourth-order valence-electron chi connectivity index (χ4n) is 1.32. The lowest BCUT2D eigenvalue weighted by Gasteiger charge is -2.04. The predicted molar refractivity (Wildman–Crippen MR) is 70.5 cm³/mol. The first-order valence-electron chi connectivity index (χ1n) is 5.70. The Bertz CT molecular complexity index is 314. The number of benzene rings is 1. The summed E-state index contributed by atoms with van der Waals surface area (Å²) in [6.45, 7) is 1.42. The van der Waals surface area contributed by atoms with Crippen molar-refractivity contribution in [1.29, 1.82) is 0 Å². The highest BCUT2D eigenvalue weighted by atomic mass is 32.2. The van der Waals surface area contributed by atoms with E-state index in [2.05, 4.69) is 12.1 Å². The smallest absolute Gasteiger partial charge is 0.304 e. The van der Waals surface area contributed by atoms with Crippen molar-refractivity contribution in [3.63, 3.8) is 0 Å². The number of hydrogen-bond donors (Lipinski definition) is 1. The molecule has 0 fully saturated rings. The fourth-order valence-corrected chi connectivity index (χ4v) is 2.07. The molecule has 0 saturated heterocycles.